The summed E-state index contributed by atoms with van der Waals surface area (Å²) in [5.41, 5.74) is -0.255. The van der Waals surface area contributed by atoms with E-state index in [2.05, 4.69) is 6.58 Å². The zero-order valence-corrected chi connectivity index (χ0v) is 11.0. The van der Waals surface area contributed by atoms with Crippen LogP contribution < -0.4 is 0 Å². The van der Waals surface area contributed by atoms with E-state index in [0.29, 0.717) is 12.4 Å². The second kappa shape index (κ2) is 7.13. The van der Waals surface area contributed by atoms with E-state index in [1.807, 2.05) is 18.2 Å². The Hall–Kier alpha value is -1.39. The Kier molecular flexibility index (Phi) is 5.82. The maximum atomic E-state index is 11.5. The normalized spacial score (nSPS) is 22.8. The minimum Gasteiger partial charge on any atom is -0.493 e. The molecule has 0 aromatic rings. The van der Waals surface area contributed by atoms with Gasteiger partial charge in [0.25, 0.3) is 0 Å². The second-order valence-electron chi connectivity index (χ2n) is 4.20. The van der Waals surface area contributed by atoms with Gasteiger partial charge < -0.3 is 14.2 Å². The Labute approximate surface area is 108 Å². The number of ether oxygens (including phenoxy) is 3. The van der Waals surface area contributed by atoms with Crippen molar-refractivity contribution in [3.05, 3.63) is 36.6 Å². The van der Waals surface area contributed by atoms with Crippen LogP contribution in [0.4, 0.5) is 0 Å². The maximum absolute atomic E-state index is 11.5. The van der Waals surface area contributed by atoms with E-state index in [1.165, 1.54) is 7.11 Å². The molecule has 100 valence electrons. The molecule has 1 atom stereocenters. The predicted octanol–water partition coefficient (Wildman–Crippen LogP) is 2.23. The lowest BCUT2D eigenvalue weighted by atomic mass is 9.77. The summed E-state index contributed by atoms with van der Waals surface area (Å²) in [6.45, 7) is 4.58. The molecule has 0 heterocycles. The topological polar surface area (TPSA) is 44.8 Å². The van der Waals surface area contributed by atoms with Gasteiger partial charge in [-0.3, -0.25) is 4.79 Å². The fourth-order valence-electron chi connectivity index (χ4n) is 1.92. The number of hydrogen-bond acceptors (Lipinski definition) is 4. The molecule has 0 aromatic carbocycles. The SMILES string of the molecule is C=CCC1(CCOCOC)C=CC(=O)C(OC)=C1. The monoisotopic (exact) mass is 252 g/mol. The minimum absolute atomic E-state index is 0.102. The van der Waals surface area contributed by atoms with E-state index < -0.39 is 0 Å². The number of allylic oxidation sites excluding steroid dienone is 4. The maximum Gasteiger partial charge on any atom is 0.219 e. The molecule has 0 saturated heterocycles. The predicted molar refractivity (Wildman–Crippen MR) is 68.9 cm³/mol. The molecular weight excluding hydrogens is 232 g/mol. The summed E-state index contributed by atoms with van der Waals surface area (Å²) in [7, 11) is 3.09. The summed E-state index contributed by atoms with van der Waals surface area (Å²) in [6, 6.07) is 0. The lowest BCUT2D eigenvalue weighted by Crippen LogP contribution is -2.23. The van der Waals surface area contributed by atoms with Gasteiger partial charge in [0.05, 0.1) is 13.7 Å². The molecule has 0 aliphatic heterocycles. The van der Waals surface area contributed by atoms with Crippen molar-refractivity contribution in [2.24, 2.45) is 5.41 Å². The van der Waals surface area contributed by atoms with Crippen molar-refractivity contribution in [1.29, 1.82) is 0 Å². The summed E-state index contributed by atoms with van der Waals surface area (Å²) in [4.78, 5) is 11.5. The number of ketones is 1. The number of hydrogen-bond donors (Lipinski definition) is 0. The molecule has 1 aliphatic rings. The first-order valence-corrected chi connectivity index (χ1v) is 5.85. The van der Waals surface area contributed by atoms with Crippen LogP contribution in [0.5, 0.6) is 0 Å². The summed E-state index contributed by atoms with van der Waals surface area (Å²) >= 11 is 0. The second-order valence-corrected chi connectivity index (χ2v) is 4.20. The third-order valence-corrected chi connectivity index (χ3v) is 2.89. The van der Waals surface area contributed by atoms with Crippen LogP contribution in [0, 0.1) is 5.41 Å². The molecule has 0 radical (unpaired) electrons. The number of carbonyl (C=O) groups excluding carboxylic acids is 1. The van der Waals surface area contributed by atoms with Gasteiger partial charge >= 0.3 is 0 Å². The molecule has 1 aliphatic carbocycles. The summed E-state index contributed by atoms with van der Waals surface area (Å²) in [6.07, 6.45) is 8.63. The zero-order valence-electron chi connectivity index (χ0n) is 11.0. The Morgan fingerprint density at radius 2 is 2.22 bits per heavy atom. The van der Waals surface area contributed by atoms with Gasteiger partial charge in [-0.15, -0.1) is 6.58 Å². The van der Waals surface area contributed by atoms with E-state index in [1.54, 1.807) is 13.2 Å². The largest absolute Gasteiger partial charge is 0.493 e. The summed E-state index contributed by atoms with van der Waals surface area (Å²) in [5.74, 6) is 0.279. The fraction of sp³-hybridized carbons (Fsp3) is 0.500. The van der Waals surface area contributed by atoms with Crippen molar-refractivity contribution >= 4 is 5.78 Å². The summed E-state index contributed by atoms with van der Waals surface area (Å²) < 4.78 is 15.2. The molecule has 1 unspecified atom stereocenters. The fourth-order valence-corrected chi connectivity index (χ4v) is 1.92. The van der Waals surface area contributed by atoms with Crippen LogP contribution in [0.3, 0.4) is 0 Å². The quantitative estimate of drug-likeness (QED) is 0.377. The van der Waals surface area contributed by atoms with E-state index >= 15 is 0 Å². The Bertz CT molecular complexity index is 357. The molecule has 0 aromatic heterocycles. The van der Waals surface area contributed by atoms with Crippen LogP contribution in [-0.2, 0) is 19.0 Å². The number of methoxy groups -OCH3 is 2. The molecule has 0 bridgehead atoms. The molecule has 4 nitrogen and oxygen atoms in total. The van der Waals surface area contributed by atoms with Crippen molar-refractivity contribution < 1.29 is 19.0 Å². The van der Waals surface area contributed by atoms with Crippen LogP contribution in [0.15, 0.2) is 36.6 Å². The van der Waals surface area contributed by atoms with Gasteiger partial charge in [0.15, 0.2) is 5.76 Å². The van der Waals surface area contributed by atoms with Gasteiger partial charge in [-0.2, -0.15) is 0 Å². The van der Waals surface area contributed by atoms with Crippen molar-refractivity contribution in [1.82, 2.24) is 0 Å². The molecule has 0 amide bonds. The van der Waals surface area contributed by atoms with E-state index in [-0.39, 0.29) is 18.0 Å². The average Bonchev–Trinajstić information content (AvgIpc) is 2.38. The smallest absolute Gasteiger partial charge is 0.219 e. The molecular formula is C14H20O4. The van der Waals surface area contributed by atoms with E-state index in [0.717, 1.165) is 12.8 Å². The van der Waals surface area contributed by atoms with Gasteiger partial charge in [-0.25, -0.2) is 0 Å². The van der Waals surface area contributed by atoms with Gasteiger partial charge in [0, 0.05) is 12.5 Å². The first-order valence-electron chi connectivity index (χ1n) is 5.85. The molecule has 1 rings (SSSR count). The third-order valence-electron chi connectivity index (χ3n) is 2.89. The highest BCUT2D eigenvalue weighted by Crippen LogP contribution is 2.35. The van der Waals surface area contributed by atoms with E-state index in [4.69, 9.17) is 14.2 Å². The molecule has 0 fully saturated rings. The van der Waals surface area contributed by atoms with Crippen LogP contribution in [0.25, 0.3) is 0 Å². The average molecular weight is 252 g/mol. The lowest BCUT2D eigenvalue weighted by molar-refractivity contribution is -0.114. The van der Waals surface area contributed by atoms with Gasteiger partial charge in [0.1, 0.15) is 6.79 Å². The van der Waals surface area contributed by atoms with Gasteiger partial charge in [-0.05, 0) is 25.0 Å². The standard InChI is InChI=1S/C14H20O4/c1-4-6-14(8-9-18-11-16-2)7-5-12(15)13(10-14)17-3/h4-5,7,10H,1,6,8-9,11H2,2-3H3. The van der Waals surface area contributed by atoms with E-state index in [9.17, 15) is 4.79 Å². The first-order chi connectivity index (χ1) is 8.67. The number of rotatable bonds is 8. The lowest BCUT2D eigenvalue weighted by Gasteiger charge is -2.29. The van der Waals surface area contributed by atoms with Crippen molar-refractivity contribution in [2.45, 2.75) is 12.8 Å². The molecule has 4 heteroatoms. The van der Waals surface area contributed by atoms with Crippen LogP contribution in [-0.4, -0.2) is 33.4 Å². The van der Waals surface area contributed by atoms with Crippen molar-refractivity contribution in [3.8, 4) is 0 Å². The van der Waals surface area contributed by atoms with Gasteiger partial charge in [0.2, 0.25) is 5.78 Å². The van der Waals surface area contributed by atoms with Crippen molar-refractivity contribution in [2.75, 3.05) is 27.6 Å². The first kappa shape index (κ1) is 14.7. The highest BCUT2D eigenvalue weighted by Gasteiger charge is 2.29. The molecule has 0 saturated carbocycles. The van der Waals surface area contributed by atoms with Crippen LogP contribution in [0.1, 0.15) is 12.8 Å². The highest BCUT2D eigenvalue weighted by molar-refractivity contribution is 6.03. The van der Waals surface area contributed by atoms with Gasteiger partial charge in [-0.1, -0.05) is 12.2 Å². The molecule has 18 heavy (non-hydrogen) atoms. The number of carbonyl (C=O) groups is 1. The Balaban J connectivity index is 2.74. The Morgan fingerprint density at radius 1 is 1.44 bits per heavy atom. The summed E-state index contributed by atoms with van der Waals surface area (Å²) in [5, 5.41) is 0. The minimum atomic E-state index is -0.255. The van der Waals surface area contributed by atoms with Crippen LogP contribution in [0.2, 0.25) is 0 Å². The molecule has 0 N–H and O–H groups in total. The third kappa shape index (κ3) is 3.82. The highest BCUT2D eigenvalue weighted by atomic mass is 16.7. The Morgan fingerprint density at radius 3 is 2.83 bits per heavy atom. The van der Waals surface area contributed by atoms with Crippen molar-refractivity contribution in [3.63, 3.8) is 0 Å². The van der Waals surface area contributed by atoms with Crippen LogP contribution >= 0.6 is 0 Å². The zero-order chi connectivity index (χ0) is 13.4. The molecule has 0 spiro atoms.